The minimum absolute atomic E-state index is 0.935. The first-order chi connectivity index (χ1) is 14.3. The van der Waals surface area contributed by atoms with Crippen LogP contribution in [0.1, 0.15) is 9.75 Å². The Morgan fingerprint density at radius 3 is 2.03 bits per heavy atom. The van der Waals surface area contributed by atoms with Crippen LogP contribution in [0.4, 0.5) is 5.69 Å². The van der Waals surface area contributed by atoms with Crippen molar-refractivity contribution in [2.24, 2.45) is 4.99 Å². The molecule has 2 aromatic carbocycles. The number of hydrogen-bond acceptors (Lipinski definition) is 5. The zero-order valence-corrected chi connectivity index (χ0v) is 17.4. The molecule has 0 aliphatic rings. The van der Waals surface area contributed by atoms with Gasteiger partial charge in [-0.1, -0.05) is 30.3 Å². The molecule has 0 saturated heterocycles. The average molecular weight is 412 g/mol. The highest BCUT2D eigenvalue weighted by Gasteiger charge is 2.13. The summed E-state index contributed by atoms with van der Waals surface area (Å²) >= 11 is 3.49. The average Bonchev–Trinajstić information content (AvgIpc) is 3.41. The van der Waals surface area contributed by atoms with Crippen molar-refractivity contribution in [3.05, 3.63) is 88.9 Å². The Bertz CT molecular complexity index is 1320. The van der Waals surface area contributed by atoms with Crippen molar-refractivity contribution in [2.75, 3.05) is 0 Å². The van der Waals surface area contributed by atoms with E-state index in [1.54, 1.807) is 35.1 Å². The third kappa shape index (κ3) is 3.62. The third-order valence-corrected chi connectivity index (χ3v) is 6.71. The summed E-state index contributed by atoms with van der Waals surface area (Å²) in [5.41, 5.74) is 5.07. The first-order valence-corrected chi connectivity index (χ1v) is 10.9. The van der Waals surface area contributed by atoms with Crippen LogP contribution < -0.4 is 0 Å². The summed E-state index contributed by atoms with van der Waals surface area (Å²) in [6.07, 6.45) is 5.45. The molecule has 0 bridgehead atoms. The molecule has 0 aliphatic carbocycles. The lowest BCUT2D eigenvalue weighted by molar-refractivity contribution is 1.30. The van der Waals surface area contributed by atoms with Crippen LogP contribution in [0.25, 0.3) is 31.9 Å². The highest BCUT2D eigenvalue weighted by atomic mass is 32.1. The lowest BCUT2D eigenvalue weighted by Crippen LogP contribution is -1.88. The fourth-order valence-corrected chi connectivity index (χ4v) is 5.05. The largest absolute Gasteiger partial charge is 0.255 e. The van der Waals surface area contributed by atoms with Crippen LogP contribution in [-0.4, -0.2) is 16.2 Å². The van der Waals surface area contributed by atoms with Crippen molar-refractivity contribution in [2.45, 2.75) is 6.92 Å². The maximum absolute atomic E-state index is 4.67. The van der Waals surface area contributed by atoms with Gasteiger partial charge in [0, 0.05) is 49.2 Å². The van der Waals surface area contributed by atoms with Crippen molar-refractivity contribution >= 4 is 45.6 Å². The maximum Gasteiger partial charge on any atom is 0.0979 e. The molecule has 0 aliphatic heterocycles. The number of para-hydroxylation sites is 1. The molecule has 0 atom stereocenters. The minimum atomic E-state index is 0.935. The second kappa shape index (κ2) is 7.70. The standard InChI is InChI=1S/C24H17N3S2/c1-16-7-11-21(28-16)19-9-10-20(24-23(19)25-13-14-26-24)22-12-8-18(29-22)15-27-17-5-3-2-4-6-17/h2-15H,1H3. The summed E-state index contributed by atoms with van der Waals surface area (Å²) in [4.78, 5) is 18.7. The van der Waals surface area contributed by atoms with Gasteiger partial charge >= 0.3 is 0 Å². The second-order valence-corrected chi connectivity index (χ2v) is 9.02. The van der Waals surface area contributed by atoms with E-state index in [4.69, 9.17) is 0 Å². The summed E-state index contributed by atoms with van der Waals surface area (Å²) in [5.74, 6) is 0. The molecular weight excluding hydrogens is 394 g/mol. The second-order valence-electron chi connectivity index (χ2n) is 6.62. The number of rotatable bonds is 4. The normalized spacial score (nSPS) is 11.5. The predicted octanol–water partition coefficient (Wildman–Crippen LogP) is 7.15. The Labute approximate surface area is 177 Å². The number of nitrogens with zero attached hydrogens (tertiary/aromatic N) is 3. The smallest absolute Gasteiger partial charge is 0.0979 e. The van der Waals surface area contributed by atoms with E-state index in [-0.39, 0.29) is 0 Å². The van der Waals surface area contributed by atoms with Crippen molar-refractivity contribution in [1.29, 1.82) is 0 Å². The highest BCUT2D eigenvalue weighted by Crippen LogP contribution is 2.38. The number of benzene rings is 2. The fourth-order valence-electron chi connectivity index (χ4n) is 3.25. The molecule has 5 heteroatoms. The van der Waals surface area contributed by atoms with Crippen molar-refractivity contribution in [1.82, 2.24) is 9.97 Å². The van der Waals surface area contributed by atoms with Gasteiger partial charge in [-0.05, 0) is 43.3 Å². The Morgan fingerprint density at radius 2 is 1.38 bits per heavy atom. The van der Waals surface area contributed by atoms with Gasteiger partial charge in [0.2, 0.25) is 0 Å². The van der Waals surface area contributed by atoms with Crippen LogP contribution in [0.3, 0.4) is 0 Å². The Kier molecular flexibility index (Phi) is 4.76. The van der Waals surface area contributed by atoms with Gasteiger partial charge in [0.25, 0.3) is 0 Å². The Hall–Kier alpha value is -3.15. The summed E-state index contributed by atoms with van der Waals surface area (Å²) < 4.78 is 0. The summed E-state index contributed by atoms with van der Waals surface area (Å²) in [6.45, 7) is 2.13. The Balaban J connectivity index is 1.55. The topological polar surface area (TPSA) is 38.1 Å². The van der Waals surface area contributed by atoms with Gasteiger partial charge in [-0.15, -0.1) is 22.7 Å². The summed E-state index contributed by atoms with van der Waals surface area (Å²) in [6, 6.07) is 22.8. The van der Waals surface area contributed by atoms with Crippen molar-refractivity contribution in [3.8, 4) is 20.9 Å². The zero-order chi connectivity index (χ0) is 19.6. The lowest BCUT2D eigenvalue weighted by Gasteiger charge is -2.07. The van der Waals surface area contributed by atoms with E-state index in [0.717, 1.165) is 32.7 Å². The molecule has 29 heavy (non-hydrogen) atoms. The lowest BCUT2D eigenvalue weighted by atomic mass is 10.1. The van der Waals surface area contributed by atoms with Crippen LogP contribution in [0.5, 0.6) is 0 Å². The quantitative estimate of drug-likeness (QED) is 0.295. The van der Waals surface area contributed by atoms with E-state index < -0.39 is 0 Å². The highest BCUT2D eigenvalue weighted by molar-refractivity contribution is 7.17. The summed E-state index contributed by atoms with van der Waals surface area (Å²) in [7, 11) is 0. The number of fused-ring (bicyclic) bond motifs is 1. The number of thiophene rings is 2. The predicted molar refractivity (Wildman–Crippen MR) is 125 cm³/mol. The van der Waals surface area contributed by atoms with Gasteiger partial charge < -0.3 is 0 Å². The molecule has 0 spiro atoms. The monoisotopic (exact) mass is 411 g/mol. The molecule has 3 heterocycles. The van der Waals surface area contributed by atoms with Gasteiger partial charge in [-0.3, -0.25) is 15.0 Å². The van der Waals surface area contributed by atoms with Crippen LogP contribution in [0.2, 0.25) is 0 Å². The molecule has 3 aromatic heterocycles. The molecule has 0 saturated carbocycles. The van der Waals surface area contributed by atoms with E-state index in [1.807, 2.05) is 36.5 Å². The first-order valence-electron chi connectivity index (χ1n) is 9.28. The van der Waals surface area contributed by atoms with Crippen molar-refractivity contribution < 1.29 is 0 Å². The first kappa shape index (κ1) is 17.9. The maximum atomic E-state index is 4.67. The van der Waals surface area contributed by atoms with Gasteiger partial charge in [0.15, 0.2) is 0 Å². The molecule has 5 rings (SSSR count). The number of hydrogen-bond donors (Lipinski definition) is 0. The van der Waals surface area contributed by atoms with E-state index in [1.165, 1.54) is 14.6 Å². The summed E-state index contributed by atoms with van der Waals surface area (Å²) in [5, 5.41) is 0. The van der Waals surface area contributed by atoms with Crippen LogP contribution in [0, 0.1) is 6.92 Å². The van der Waals surface area contributed by atoms with Crippen LogP contribution in [0.15, 0.2) is 84.1 Å². The molecule has 3 nitrogen and oxygen atoms in total. The zero-order valence-electron chi connectivity index (χ0n) is 15.7. The number of aliphatic imine (C=N–C) groups is 1. The van der Waals surface area contributed by atoms with Gasteiger partial charge in [0.1, 0.15) is 0 Å². The molecule has 140 valence electrons. The van der Waals surface area contributed by atoms with E-state index >= 15 is 0 Å². The molecule has 0 fully saturated rings. The van der Waals surface area contributed by atoms with E-state index in [2.05, 4.69) is 58.3 Å². The molecule has 0 N–H and O–H groups in total. The van der Waals surface area contributed by atoms with Gasteiger partial charge in [-0.2, -0.15) is 0 Å². The molecular formula is C24H17N3S2. The molecule has 0 radical (unpaired) electrons. The fraction of sp³-hybridized carbons (Fsp3) is 0.0417. The van der Waals surface area contributed by atoms with Crippen LogP contribution in [-0.2, 0) is 0 Å². The van der Waals surface area contributed by atoms with E-state index in [0.29, 0.717) is 0 Å². The van der Waals surface area contributed by atoms with Gasteiger partial charge in [-0.25, -0.2) is 0 Å². The third-order valence-electron chi connectivity index (χ3n) is 4.62. The Morgan fingerprint density at radius 1 is 0.724 bits per heavy atom. The number of aryl methyl sites for hydroxylation is 1. The molecule has 0 unspecified atom stereocenters. The SMILES string of the molecule is Cc1ccc(-c2ccc(-c3ccc(C=Nc4ccccc4)s3)c3nccnc23)s1. The van der Waals surface area contributed by atoms with Gasteiger partial charge in [0.05, 0.1) is 16.7 Å². The van der Waals surface area contributed by atoms with Crippen molar-refractivity contribution in [3.63, 3.8) is 0 Å². The molecule has 0 amide bonds. The van der Waals surface area contributed by atoms with E-state index in [9.17, 15) is 0 Å². The molecule has 5 aromatic rings. The number of aromatic nitrogens is 2. The van der Waals surface area contributed by atoms with Crippen LogP contribution >= 0.6 is 22.7 Å². The minimum Gasteiger partial charge on any atom is -0.255 e.